The number of aliphatic hydroxyl groups excluding tert-OH is 1. The van der Waals surface area contributed by atoms with E-state index in [1.54, 1.807) is 29.4 Å². The first-order valence-corrected chi connectivity index (χ1v) is 8.08. The topological polar surface area (TPSA) is 82.7 Å². The molecule has 0 saturated carbocycles. The van der Waals surface area contributed by atoms with Gasteiger partial charge in [0.1, 0.15) is 0 Å². The van der Waals surface area contributed by atoms with Gasteiger partial charge in [-0.3, -0.25) is 9.78 Å². The Hall–Kier alpha value is -2.44. The lowest BCUT2D eigenvalue weighted by molar-refractivity contribution is 0.0674. The lowest BCUT2D eigenvalue weighted by atomic mass is 10.1. The lowest BCUT2D eigenvalue weighted by Crippen LogP contribution is -2.37. The molecule has 2 heterocycles. The van der Waals surface area contributed by atoms with Crippen LogP contribution in [-0.2, 0) is 6.54 Å². The number of anilines is 1. The normalized spacial score (nSPS) is 18.3. The minimum Gasteiger partial charge on any atom is -0.389 e. The first kappa shape index (κ1) is 16.4. The molecule has 126 valence electrons. The molecule has 1 atom stereocenters. The van der Waals surface area contributed by atoms with Crippen molar-refractivity contribution in [1.82, 2.24) is 9.88 Å². The van der Waals surface area contributed by atoms with E-state index in [0.717, 1.165) is 11.3 Å². The second-order valence-corrected chi connectivity index (χ2v) is 5.96. The summed E-state index contributed by atoms with van der Waals surface area (Å²) in [6.07, 6.45) is 2.87. The standard InChI is InChI=1S/C18H22N4O2/c19-11-14-1-3-15(4-2-14)18(24)22-10-9-21(12-17(23)13-22)16-5-7-20-8-6-16/h1-8,17,23H,9-13,19H2. The predicted octanol–water partition coefficient (Wildman–Crippen LogP) is 0.864. The molecule has 1 unspecified atom stereocenters. The highest BCUT2D eigenvalue weighted by molar-refractivity contribution is 5.94. The third kappa shape index (κ3) is 3.72. The third-order valence-electron chi connectivity index (χ3n) is 4.25. The molecule has 3 N–H and O–H groups in total. The third-order valence-corrected chi connectivity index (χ3v) is 4.25. The molecule has 1 fully saturated rings. The summed E-state index contributed by atoms with van der Waals surface area (Å²) in [5.41, 5.74) is 8.21. The lowest BCUT2D eigenvalue weighted by Gasteiger charge is -2.23. The summed E-state index contributed by atoms with van der Waals surface area (Å²) in [7, 11) is 0. The molecule has 0 bridgehead atoms. The van der Waals surface area contributed by atoms with Gasteiger partial charge in [-0.05, 0) is 29.8 Å². The Morgan fingerprint density at radius 3 is 2.50 bits per heavy atom. The van der Waals surface area contributed by atoms with E-state index in [1.807, 2.05) is 24.3 Å². The minimum absolute atomic E-state index is 0.0609. The number of amides is 1. The number of pyridine rings is 1. The van der Waals surface area contributed by atoms with E-state index in [9.17, 15) is 9.90 Å². The Kier molecular flexibility index (Phi) is 5.08. The summed E-state index contributed by atoms with van der Waals surface area (Å²) in [6.45, 7) is 2.53. The van der Waals surface area contributed by atoms with Gasteiger partial charge in [0, 0.05) is 56.4 Å². The van der Waals surface area contributed by atoms with Crippen molar-refractivity contribution in [1.29, 1.82) is 0 Å². The van der Waals surface area contributed by atoms with E-state index in [0.29, 0.717) is 38.3 Å². The van der Waals surface area contributed by atoms with Crippen molar-refractivity contribution < 1.29 is 9.90 Å². The molecule has 6 heteroatoms. The Labute approximate surface area is 141 Å². The van der Waals surface area contributed by atoms with E-state index in [2.05, 4.69) is 9.88 Å². The molecule has 24 heavy (non-hydrogen) atoms. The highest BCUT2D eigenvalue weighted by Crippen LogP contribution is 2.17. The molecular formula is C18H22N4O2. The van der Waals surface area contributed by atoms with Crippen LogP contribution < -0.4 is 10.6 Å². The van der Waals surface area contributed by atoms with Crippen molar-refractivity contribution in [2.45, 2.75) is 12.6 Å². The quantitative estimate of drug-likeness (QED) is 0.874. The van der Waals surface area contributed by atoms with E-state index in [-0.39, 0.29) is 5.91 Å². The monoisotopic (exact) mass is 326 g/mol. The summed E-state index contributed by atoms with van der Waals surface area (Å²) in [6, 6.07) is 11.1. The number of hydrogen-bond acceptors (Lipinski definition) is 5. The van der Waals surface area contributed by atoms with Gasteiger partial charge in [-0.25, -0.2) is 0 Å². The summed E-state index contributed by atoms with van der Waals surface area (Å²) < 4.78 is 0. The number of benzene rings is 1. The zero-order chi connectivity index (χ0) is 16.9. The molecule has 1 aliphatic heterocycles. The van der Waals surface area contributed by atoms with Gasteiger partial charge in [-0.1, -0.05) is 12.1 Å². The van der Waals surface area contributed by atoms with Crippen molar-refractivity contribution in [2.24, 2.45) is 5.73 Å². The largest absolute Gasteiger partial charge is 0.389 e. The van der Waals surface area contributed by atoms with Crippen LogP contribution in [0.1, 0.15) is 15.9 Å². The van der Waals surface area contributed by atoms with Gasteiger partial charge in [0.2, 0.25) is 0 Å². The van der Waals surface area contributed by atoms with Gasteiger partial charge in [0.25, 0.3) is 5.91 Å². The molecular weight excluding hydrogens is 304 g/mol. The van der Waals surface area contributed by atoms with Crippen LogP contribution in [0.25, 0.3) is 0 Å². The molecule has 1 aromatic carbocycles. The summed E-state index contributed by atoms with van der Waals surface area (Å²) in [5, 5.41) is 10.3. The van der Waals surface area contributed by atoms with Crippen LogP contribution >= 0.6 is 0 Å². The molecule has 0 spiro atoms. The molecule has 0 aliphatic carbocycles. The van der Waals surface area contributed by atoms with E-state index in [1.165, 1.54) is 0 Å². The van der Waals surface area contributed by atoms with E-state index < -0.39 is 6.10 Å². The molecule has 1 aliphatic rings. The Morgan fingerprint density at radius 1 is 1.12 bits per heavy atom. The van der Waals surface area contributed by atoms with Crippen molar-refractivity contribution >= 4 is 11.6 Å². The number of nitrogens with two attached hydrogens (primary N) is 1. The van der Waals surface area contributed by atoms with Crippen LogP contribution in [0, 0.1) is 0 Å². The molecule has 1 saturated heterocycles. The maximum atomic E-state index is 12.7. The van der Waals surface area contributed by atoms with Gasteiger partial charge in [0.05, 0.1) is 6.10 Å². The molecule has 6 nitrogen and oxygen atoms in total. The van der Waals surface area contributed by atoms with Gasteiger partial charge in [0.15, 0.2) is 0 Å². The van der Waals surface area contributed by atoms with Crippen LogP contribution in [0.3, 0.4) is 0 Å². The zero-order valence-corrected chi connectivity index (χ0v) is 13.5. The first-order chi connectivity index (χ1) is 11.7. The molecule has 1 aromatic heterocycles. The summed E-state index contributed by atoms with van der Waals surface area (Å²) >= 11 is 0. The van der Waals surface area contributed by atoms with E-state index >= 15 is 0 Å². The van der Waals surface area contributed by atoms with Crippen LogP contribution in [0.5, 0.6) is 0 Å². The fraction of sp³-hybridized carbons (Fsp3) is 0.333. The van der Waals surface area contributed by atoms with Crippen molar-refractivity contribution in [3.8, 4) is 0 Å². The maximum absolute atomic E-state index is 12.7. The average Bonchev–Trinajstić information content (AvgIpc) is 2.83. The van der Waals surface area contributed by atoms with Gasteiger partial charge in [-0.2, -0.15) is 0 Å². The average molecular weight is 326 g/mol. The highest BCUT2D eigenvalue weighted by Gasteiger charge is 2.25. The number of rotatable bonds is 3. The van der Waals surface area contributed by atoms with Crippen molar-refractivity contribution in [2.75, 3.05) is 31.1 Å². The highest BCUT2D eigenvalue weighted by atomic mass is 16.3. The Balaban J connectivity index is 1.71. The number of carbonyl (C=O) groups is 1. The summed E-state index contributed by atoms with van der Waals surface area (Å²) in [5.74, 6) is -0.0609. The second kappa shape index (κ2) is 7.42. The number of β-amino-alcohol motifs (C(OH)–C–C–N with tert-alkyl or cyclic N) is 1. The number of nitrogens with zero attached hydrogens (tertiary/aromatic N) is 3. The fourth-order valence-electron chi connectivity index (χ4n) is 2.93. The number of aromatic nitrogens is 1. The minimum atomic E-state index is -0.590. The zero-order valence-electron chi connectivity index (χ0n) is 13.5. The number of hydrogen-bond donors (Lipinski definition) is 2. The predicted molar refractivity (Wildman–Crippen MR) is 92.7 cm³/mol. The van der Waals surface area contributed by atoms with Crippen LogP contribution in [-0.4, -0.2) is 53.2 Å². The smallest absolute Gasteiger partial charge is 0.254 e. The summed E-state index contributed by atoms with van der Waals surface area (Å²) in [4.78, 5) is 20.5. The second-order valence-electron chi connectivity index (χ2n) is 5.96. The van der Waals surface area contributed by atoms with Crippen molar-refractivity contribution in [3.63, 3.8) is 0 Å². The molecule has 0 radical (unpaired) electrons. The fourth-order valence-corrected chi connectivity index (χ4v) is 2.93. The molecule has 3 rings (SSSR count). The van der Waals surface area contributed by atoms with Crippen LogP contribution in [0.2, 0.25) is 0 Å². The number of carbonyl (C=O) groups excluding carboxylic acids is 1. The van der Waals surface area contributed by atoms with Gasteiger partial charge >= 0.3 is 0 Å². The maximum Gasteiger partial charge on any atom is 0.254 e. The number of aliphatic hydroxyl groups is 1. The Morgan fingerprint density at radius 2 is 1.83 bits per heavy atom. The van der Waals surface area contributed by atoms with E-state index in [4.69, 9.17) is 5.73 Å². The van der Waals surface area contributed by atoms with Crippen LogP contribution in [0.4, 0.5) is 5.69 Å². The molecule has 2 aromatic rings. The SMILES string of the molecule is NCc1ccc(C(=O)N2CCN(c3ccncc3)CC(O)C2)cc1. The van der Waals surface area contributed by atoms with Crippen molar-refractivity contribution in [3.05, 3.63) is 59.9 Å². The Bertz CT molecular complexity index is 675. The molecule has 1 amide bonds. The first-order valence-electron chi connectivity index (χ1n) is 8.08. The van der Waals surface area contributed by atoms with Gasteiger partial charge in [-0.15, -0.1) is 0 Å². The van der Waals surface area contributed by atoms with Crippen LogP contribution in [0.15, 0.2) is 48.8 Å². The van der Waals surface area contributed by atoms with Gasteiger partial charge < -0.3 is 20.6 Å².